The fraction of sp³-hybridized carbons (Fsp3) is 0.571. The van der Waals surface area contributed by atoms with Gasteiger partial charge in [-0.05, 0) is 23.9 Å². The van der Waals surface area contributed by atoms with Gasteiger partial charge in [0, 0.05) is 6.54 Å². The molecule has 0 aliphatic heterocycles. The van der Waals surface area contributed by atoms with E-state index in [9.17, 15) is 0 Å². The smallest absolute Gasteiger partial charge is 0.00176 e. The first kappa shape index (κ1) is 12.3. The van der Waals surface area contributed by atoms with Crippen LogP contribution in [0.3, 0.4) is 0 Å². The average molecular weight is 205 g/mol. The van der Waals surface area contributed by atoms with Gasteiger partial charge < -0.3 is 5.32 Å². The molecule has 0 aliphatic rings. The van der Waals surface area contributed by atoms with Crippen LogP contribution in [0, 0.1) is 5.92 Å². The van der Waals surface area contributed by atoms with Gasteiger partial charge >= 0.3 is 0 Å². The zero-order valence-electron chi connectivity index (χ0n) is 10.2. The van der Waals surface area contributed by atoms with Gasteiger partial charge in [-0.25, -0.2) is 0 Å². The molecule has 0 aromatic heterocycles. The summed E-state index contributed by atoms with van der Waals surface area (Å²) in [6.07, 6.45) is 1.26. The van der Waals surface area contributed by atoms with E-state index in [1.807, 2.05) is 0 Å². The molecule has 15 heavy (non-hydrogen) atoms. The van der Waals surface area contributed by atoms with Gasteiger partial charge in [0.2, 0.25) is 0 Å². The maximum atomic E-state index is 3.53. The maximum absolute atomic E-state index is 3.53. The van der Waals surface area contributed by atoms with Crippen molar-refractivity contribution >= 4 is 0 Å². The SMILES string of the molecule is CCC(C)CNCC(C)c1ccccc1. The Kier molecular flexibility index (Phi) is 5.41. The molecule has 1 heteroatoms. The van der Waals surface area contributed by atoms with Crippen molar-refractivity contribution in [1.82, 2.24) is 5.32 Å². The van der Waals surface area contributed by atoms with Gasteiger partial charge in [-0.15, -0.1) is 0 Å². The summed E-state index contributed by atoms with van der Waals surface area (Å²) in [6.45, 7) is 9.02. The summed E-state index contributed by atoms with van der Waals surface area (Å²) < 4.78 is 0. The first-order valence-electron chi connectivity index (χ1n) is 5.99. The second-order valence-corrected chi connectivity index (χ2v) is 4.48. The van der Waals surface area contributed by atoms with Gasteiger partial charge in [0.1, 0.15) is 0 Å². The number of nitrogens with one attached hydrogen (secondary N) is 1. The molecule has 1 N–H and O–H groups in total. The van der Waals surface area contributed by atoms with Crippen LogP contribution in [-0.4, -0.2) is 13.1 Å². The number of rotatable bonds is 6. The predicted octanol–water partition coefficient (Wildman–Crippen LogP) is 3.43. The van der Waals surface area contributed by atoms with Crippen LogP contribution in [0.25, 0.3) is 0 Å². The lowest BCUT2D eigenvalue weighted by Crippen LogP contribution is -2.25. The van der Waals surface area contributed by atoms with Crippen LogP contribution >= 0.6 is 0 Å². The fourth-order valence-electron chi connectivity index (χ4n) is 1.59. The molecule has 0 amide bonds. The summed E-state index contributed by atoms with van der Waals surface area (Å²) in [5, 5.41) is 3.53. The van der Waals surface area contributed by atoms with Gasteiger partial charge in [-0.2, -0.15) is 0 Å². The van der Waals surface area contributed by atoms with Crippen molar-refractivity contribution in [3.63, 3.8) is 0 Å². The van der Waals surface area contributed by atoms with Crippen LogP contribution in [-0.2, 0) is 0 Å². The third-order valence-electron chi connectivity index (χ3n) is 3.01. The Labute approximate surface area is 93.9 Å². The van der Waals surface area contributed by atoms with Crippen molar-refractivity contribution in [2.24, 2.45) is 5.92 Å². The zero-order chi connectivity index (χ0) is 11.1. The van der Waals surface area contributed by atoms with E-state index in [0.29, 0.717) is 5.92 Å². The Balaban J connectivity index is 2.28. The second-order valence-electron chi connectivity index (χ2n) is 4.48. The van der Waals surface area contributed by atoms with Gasteiger partial charge in [-0.3, -0.25) is 0 Å². The van der Waals surface area contributed by atoms with Gasteiger partial charge in [-0.1, -0.05) is 57.5 Å². The Morgan fingerprint density at radius 1 is 1.07 bits per heavy atom. The van der Waals surface area contributed by atoms with E-state index in [2.05, 4.69) is 56.4 Å². The van der Waals surface area contributed by atoms with Crippen LogP contribution in [0.1, 0.15) is 38.7 Å². The van der Waals surface area contributed by atoms with Crippen molar-refractivity contribution in [3.8, 4) is 0 Å². The Morgan fingerprint density at radius 2 is 1.73 bits per heavy atom. The zero-order valence-corrected chi connectivity index (χ0v) is 10.2. The van der Waals surface area contributed by atoms with Crippen molar-refractivity contribution in [1.29, 1.82) is 0 Å². The molecule has 0 saturated heterocycles. The van der Waals surface area contributed by atoms with Crippen molar-refractivity contribution in [3.05, 3.63) is 35.9 Å². The lowest BCUT2D eigenvalue weighted by Gasteiger charge is -2.15. The highest BCUT2D eigenvalue weighted by atomic mass is 14.9. The van der Waals surface area contributed by atoms with E-state index in [1.165, 1.54) is 12.0 Å². The highest BCUT2D eigenvalue weighted by molar-refractivity contribution is 5.18. The molecule has 1 aromatic rings. The molecule has 0 bridgehead atoms. The summed E-state index contributed by atoms with van der Waals surface area (Å²) >= 11 is 0. The largest absolute Gasteiger partial charge is 0.316 e. The van der Waals surface area contributed by atoms with Gasteiger partial charge in [0.15, 0.2) is 0 Å². The summed E-state index contributed by atoms with van der Waals surface area (Å²) in [7, 11) is 0. The van der Waals surface area contributed by atoms with E-state index < -0.39 is 0 Å². The quantitative estimate of drug-likeness (QED) is 0.750. The van der Waals surface area contributed by atoms with Crippen LogP contribution < -0.4 is 5.32 Å². The summed E-state index contributed by atoms with van der Waals surface area (Å²) in [4.78, 5) is 0. The average Bonchev–Trinajstić information content (AvgIpc) is 2.29. The van der Waals surface area contributed by atoms with Crippen LogP contribution in [0.15, 0.2) is 30.3 Å². The molecular formula is C14H23N. The van der Waals surface area contributed by atoms with Crippen molar-refractivity contribution < 1.29 is 0 Å². The minimum atomic E-state index is 0.607. The number of benzene rings is 1. The lowest BCUT2D eigenvalue weighted by atomic mass is 10.0. The molecule has 2 atom stereocenters. The predicted molar refractivity (Wildman–Crippen MR) is 67.2 cm³/mol. The lowest BCUT2D eigenvalue weighted by molar-refractivity contribution is 0.487. The third-order valence-corrected chi connectivity index (χ3v) is 3.01. The number of hydrogen-bond acceptors (Lipinski definition) is 1. The Morgan fingerprint density at radius 3 is 2.33 bits per heavy atom. The van der Waals surface area contributed by atoms with E-state index in [1.54, 1.807) is 0 Å². The van der Waals surface area contributed by atoms with Crippen LogP contribution in [0.4, 0.5) is 0 Å². The molecule has 0 aliphatic carbocycles. The maximum Gasteiger partial charge on any atom is 0.00176 e. The van der Waals surface area contributed by atoms with Crippen molar-refractivity contribution in [2.45, 2.75) is 33.1 Å². The van der Waals surface area contributed by atoms with Crippen molar-refractivity contribution in [2.75, 3.05) is 13.1 Å². The Hall–Kier alpha value is -0.820. The molecule has 0 fully saturated rings. The first-order valence-corrected chi connectivity index (χ1v) is 5.99. The van der Waals surface area contributed by atoms with E-state index in [4.69, 9.17) is 0 Å². The summed E-state index contributed by atoms with van der Waals surface area (Å²) in [6, 6.07) is 10.7. The summed E-state index contributed by atoms with van der Waals surface area (Å²) in [5.74, 6) is 1.39. The minimum Gasteiger partial charge on any atom is -0.316 e. The summed E-state index contributed by atoms with van der Waals surface area (Å²) in [5.41, 5.74) is 1.43. The molecule has 1 rings (SSSR count). The monoisotopic (exact) mass is 205 g/mol. The second kappa shape index (κ2) is 6.62. The van der Waals surface area contributed by atoms with E-state index in [-0.39, 0.29) is 0 Å². The molecular weight excluding hydrogens is 182 g/mol. The molecule has 0 saturated carbocycles. The van der Waals surface area contributed by atoms with Gasteiger partial charge in [0.25, 0.3) is 0 Å². The fourth-order valence-corrected chi connectivity index (χ4v) is 1.59. The topological polar surface area (TPSA) is 12.0 Å². The third kappa shape index (κ3) is 4.48. The highest BCUT2D eigenvalue weighted by Gasteiger charge is 2.04. The first-order chi connectivity index (χ1) is 7.24. The van der Waals surface area contributed by atoms with Gasteiger partial charge in [0.05, 0.1) is 0 Å². The minimum absolute atomic E-state index is 0.607. The highest BCUT2D eigenvalue weighted by Crippen LogP contribution is 2.13. The van der Waals surface area contributed by atoms with E-state index >= 15 is 0 Å². The molecule has 0 heterocycles. The van der Waals surface area contributed by atoms with Crippen LogP contribution in [0.2, 0.25) is 0 Å². The molecule has 1 aromatic carbocycles. The molecule has 84 valence electrons. The molecule has 2 unspecified atom stereocenters. The number of hydrogen-bond donors (Lipinski definition) is 1. The molecule has 0 spiro atoms. The van der Waals surface area contributed by atoms with Crippen LogP contribution in [0.5, 0.6) is 0 Å². The molecule has 0 radical (unpaired) electrons. The standard InChI is InChI=1S/C14H23N/c1-4-12(2)10-15-11-13(3)14-8-6-5-7-9-14/h5-9,12-13,15H,4,10-11H2,1-3H3. The van der Waals surface area contributed by atoms with E-state index in [0.717, 1.165) is 19.0 Å². The molecule has 1 nitrogen and oxygen atoms in total. The Bertz CT molecular complexity index is 255. The normalized spacial score (nSPS) is 14.9.